The SMILES string of the molecule is CC1(C(N)=O)C(=O)N(S(=O)(=O)c2ccc3cc(Cl)ccc3c2)CCN1C(=O)c1ccc(-c2ccccn2)cc1. The molecule has 1 aromatic heterocycles. The normalized spacial score (nSPS) is 17.8. The number of benzene rings is 3. The van der Waals surface area contributed by atoms with Crippen LogP contribution in [0.5, 0.6) is 0 Å². The molecule has 1 saturated heterocycles. The standard InChI is InChI=1S/C28H23ClN4O5S/c1-28(26(30)35)27(36)33(39(37,38)23-12-10-20-16-22(29)11-9-21(20)17-23)15-14-32(28)25(34)19-7-5-18(6-8-19)24-4-2-3-13-31-24/h2-13,16-17H,14-15H2,1H3,(H2,30,35). The van der Waals surface area contributed by atoms with Crippen LogP contribution in [0.2, 0.25) is 5.02 Å². The molecular weight excluding hydrogens is 540 g/mol. The summed E-state index contributed by atoms with van der Waals surface area (Å²) >= 11 is 6.02. The summed E-state index contributed by atoms with van der Waals surface area (Å²) in [6, 6.07) is 21.3. The minimum Gasteiger partial charge on any atom is -0.367 e. The molecule has 2 N–H and O–H groups in total. The summed E-state index contributed by atoms with van der Waals surface area (Å²) in [5, 5.41) is 1.82. The van der Waals surface area contributed by atoms with Crippen LogP contribution in [0, 0.1) is 0 Å². The molecule has 0 bridgehead atoms. The number of piperazine rings is 1. The molecule has 0 spiro atoms. The second-order valence-electron chi connectivity index (χ2n) is 9.22. The summed E-state index contributed by atoms with van der Waals surface area (Å²) in [5.41, 5.74) is 5.10. The lowest BCUT2D eigenvalue weighted by atomic mass is 9.94. The Hall–Kier alpha value is -4.28. The molecule has 1 fully saturated rings. The third-order valence-electron chi connectivity index (χ3n) is 6.89. The summed E-state index contributed by atoms with van der Waals surface area (Å²) in [6.07, 6.45) is 1.65. The highest BCUT2D eigenvalue weighted by Crippen LogP contribution is 2.31. The van der Waals surface area contributed by atoms with Crippen molar-refractivity contribution in [3.05, 3.63) is 95.6 Å². The van der Waals surface area contributed by atoms with E-state index in [0.29, 0.717) is 20.4 Å². The van der Waals surface area contributed by atoms with Gasteiger partial charge in [-0.3, -0.25) is 19.4 Å². The predicted molar refractivity (Wildman–Crippen MR) is 146 cm³/mol. The molecule has 11 heteroatoms. The molecule has 0 saturated carbocycles. The Morgan fingerprint density at radius 3 is 2.31 bits per heavy atom. The van der Waals surface area contributed by atoms with Crippen LogP contribution in [0.25, 0.3) is 22.0 Å². The summed E-state index contributed by atoms with van der Waals surface area (Å²) in [4.78, 5) is 44.9. The molecule has 5 rings (SSSR count). The van der Waals surface area contributed by atoms with E-state index in [1.54, 1.807) is 60.8 Å². The molecule has 4 aromatic rings. The van der Waals surface area contributed by atoms with Crippen molar-refractivity contribution in [2.24, 2.45) is 5.73 Å². The van der Waals surface area contributed by atoms with Crippen LogP contribution in [-0.4, -0.2) is 59.0 Å². The lowest BCUT2D eigenvalue weighted by Crippen LogP contribution is -2.71. The number of primary amides is 1. The molecule has 1 unspecified atom stereocenters. The number of fused-ring (bicyclic) bond motifs is 1. The molecule has 3 amide bonds. The van der Waals surface area contributed by atoms with Crippen molar-refractivity contribution in [3.63, 3.8) is 0 Å². The van der Waals surface area contributed by atoms with Gasteiger partial charge in [0, 0.05) is 28.9 Å². The highest BCUT2D eigenvalue weighted by molar-refractivity contribution is 7.89. The Labute approximate surface area is 229 Å². The first-order chi connectivity index (χ1) is 18.5. The predicted octanol–water partition coefficient (Wildman–Crippen LogP) is 3.47. The molecule has 1 aliphatic rings. The highest BCUT2D eigenvalue weighted by Gasteiger charge is 2.55. The molecule has 2 heterocycles. The Kier molecular flexibility index (Phi) is 6.61. The van der Waals surface area contributed by atoms with Gasteiger partial charge in [0.15, 0.2) is 5.54 Å². The number of halogens is 1. The lowest BCUT2D eigenvalue weighted by Gasteiger charge is -2.45. The van der Waals surface area contributed by atoms with E-state index >= 15 is 0 Å². The zero-order valence-corrected chi connectivity index (χ0v) is 22.3. The van der Waals surface area contributed by atoms with Gasteiger partial charge < -0.3 is 10.6 Å². The van der Waals surface area contributed by atoms with Crippen molar-refractivity contribution in [3.8, 4) is 11.3 Å². The number of hydrogen-bond acceptors (Lipinski definition) is 6. The number of nitrogens with zero attached hydrogens (tertiary/aromatic N) is 3. The zero-order valence-electron chi connectivity index (χ0n) is 20.7. The molecule has 1 aliphatic heterocycles. The van der Waals surface area contributed by atoms with E-state index in [1.165, 1.54) is 19.1 Å². The van der Waals surface area contributed by atoms with E-state index in [4.69, 9.17) is 17.3 Å². The van der Waals surface area contributed by atoms with Crippen LogP contribution in [0.15, 0.2) is 90.0 Å². The summed E-state index contributed by atoms with van der Waals surface area (Å²) in [5.74, 6) is -2.87. The Morgan fingerprint density at radius 1 is 0.949 bits per heavy atom. The summed E-state index contributed by atoms with van der Waals surface area (Å²) in [6.45, 7) is 0.594. The van der Waals surface area contributed by atoms with Gasteiger partial charge in [0.25, 0.3) is 27.7 Å². The molecule has 1 atom stereocenters. The van der Waals surface area contributed by atoms with Gasteiger partial charge in [0.2, 0.25) is 0 Å². The third kappa shape index (κ3) is 4.51. The molecule has 39 heavy (non-hydrogen) atoms. The van der Waals surface area contributed by atoms with Crippen molar-refractivity contribution in [1.82, 2.24) is 14.2 Å². The van der Waals surface area contributed by atoms with Crippen molar-refractivity contribution < 1.29 is 22.8 Å². The minimum atomic E-state index is -4.37. The van der Waals surface area contributed by atoms with Crippen molar-refractivity contribution >= 4 is 50.1 Å². The maximum atomic E-state index is 13.6. The zero-order chi connectivity index (χ0) is 27.9. The van der Waals surface area contributed by atoms with E-state index in [1.807, 2.05) is 12.1 Å². The maximum absolute atomic E-state index is 13.6. The van der Waals surface area contributed by atoms with Gasteiger partial charge in [0.05, 0.1) is 17.1 Å². The molecule has 0 radical (unpaired) electrons. The number of nitrogens with two attached hydrogens (primary N) is 1. The molecule has 0 aliphatic carbocycles. The Balaban J connectivity index is 1.45. The first-order valence-electron chi connectivity index (χ1n) is 11.9. The van der Waals surface area contributed by atoms with Gasteiger partial charge in [-0.1, -0.05) is 41.9 Å². The van der Waals surface area contributed by atoms with Gasteiger partial charge in [-0.05, 0) is 66.2 Å². The van der Waals surface area contributed by atoms with Crippen LogP contribution in [-0.2, 0) is 19.6 Å². The first-order valence-corrected chi connectivity index (χ1v) is 13.7. The average molecular weight is 563 g/mol. The number of carbonyl (C=O) groups is 3. The fourth-order valence-corrected chi connectivity index (χ4v) is 6.27. The topological polar surface area (TPSA) is 131 Å². The summed E-state index contributed by atoms with van der Waals surface area (Å²) in [7, 11) is -4.37. The molecule has 198 valence electrons. The van der Waals surface area contributed by atoms with E-state index in [9.17, 15) is 22.8 Å². The Bertz CT molecular complexity index is 1730. The van der Waals surface area contributed by atoms with Gasteiger partial charge in [-0.25, -0.2) is 12.7 Å². The monoisotopic (exact) mass is 562 g/mol. The van der Waals surface area contributed by atoms with Gasteiger partial charge in [0.1, 0.15) is 0 Å². The molecule has 3 aromatic carbocycles. The first kappa shape index (κ1) is 26.3. The minimum absolute atomic E-state index is 0.137. The van der Waals surface area contributed by atoms with E-state index in [0.717, 1.165) is 15.8 Å². The van der Waals surface area contributed by atoms with Crippen LogP contribution >= 0.6 is 11.6 Å². The smallest absolute Gasteiger partial charge is 0.271 e. The number of rotatable bonds is 5. The van der Waals surface area contributed by atoms with Gasteiger partial charge >= 0.3 is 0 Å². The quantitative estimate of drug-likeness (QED) is 0.371. The van der Waals surface area contributed by atoms with Crippen LogP contribution in [0.3, 0.4) is 0 Å². The number of hydrogen-bond donors (Lipinski definition) is 1. The van der Waals surface area contributed by atoms with E-state index in [2.05, 4.69) is 4.98 Å². The van der Waals surface area contributed by atoms with Crippen LogP contribution < -0.4 is 5.73 Å². The number of sulfonamides is 1. The Morgan fingerprint density at radius 2 is 1.64 bits per heavy atom. The molecule has 9 nitrogen and oxygen atoms in total. The second-order valence-corrected chi connectivity index (χ2v) is 11.5. The third-order valence-corrected chi connectivity index (χ3v) is 8.90. The van der Waals surface area contributed by atoms with Crippen molar-refractivity contribution in [2.45, 2.75) is 17.4 Å². The maximum Gasteiger partial charge on any atom is 0.271 e. The lowest BCUT2D eigenvalue weighted by molar-refractivity contribution is -0.149. The number of pyridine rings is 1. The van der Waals surface area contributed by atoms with Crippen LogP contribution in [0.1, 0.15) is 17.3 Å². The van der Waals surface area contributed by atoms with Crippen molar-refractivity contribution in [2.75, 3.05) is 13.1 Å². The highest BCUT2D eigenvalue weighted by atomic mass is 35.5. The fourth-order valence-electron chi connectivity index (χ4n) is 4.60. The van der Waals surface area contributed by atoms with E-state index in [-0.39, 0.29) is 23.5 Å². The van der Waals surface area contributed by atoms with E-state index < -0.39 is 33.3 Å². The summed E-state index contributed by atoms with van der Waals surface area (Å²) < 4.78 is 27.7. The van der Waals surface area contributed by atoms with Crippen molar-refractivity contribution in [1.29, 1.82) is 0 Å². The van der Waals surface area contributed by atoms with Crippen LogP contribution in [0.4, 0.5) is 0 Å². The van der Waals surface area contributed by atoms with Gasteiger partial charge in [-0.2, -0.15) is 0 Å². The molecular formula is C28H23ClN4O5S. The van der Waals surface area contributed by atoms with Gasteiger partial charge in [-0.15, -0.1) is 0 Å². The number of carbonyl (C=O) groups excluding carboxylic acids is 3. The average Bonchev–Trinajstić information content (AvgIpc) is 2.94. The number of amides is 3. The second kappa shape index (κ2) is 9.79. The fraction of sp³-hybridized carbons (Fsp3) is 0.143. The number of aromatic nitrogens is 1. The largest absolute Gasteiger partial charge is 0.367 e.